The number of rotatable bonds is 5. The third-order valence-electron chi connectivity index (χ3n) is 4.49. The topological polar surface area (TPSA) is 106 Å². The van der Waals surface area contributed by atoms with Crippen molar-refractivity contribution in [3.63, 3.8) is 0 Å². The van der Waals surface area contributed by atoms with Crippen LogP contribution < -0.4 is 20.3 Å². The zero-order chi connectivity index (χ0) is 21.1. The van der Waals surface area contributed by atoms with Gasteiger partial charge in [-0.2, -0.15) is 0 Å². The van der Waals surface area contributed by atoms with Gasteiger partial charge in [0.05, 0.1) is 5.75 Å². The fourth-order valence-electron chi connectivity index (χ4n) is 3.04. The van der Waals surface area contributed by atoms with E-state index in [1.165, 1.54) is 0 Å². The zero-order valence-corrected chi connectivity index (χ0v) is 17.3. The highest BCUT2D eigenvalue weighted by Gasteiger charge is 2.16. The molecule has 30 heavy (non-hydrogen) atoms. The number of aryl methyl sites for hydroxylation is 2. The molecule has 0 radical (unpaired) electrons. The summed E-state index contributed by atoms with van der Waals surface area (Å²) in [5.41, 5.74) is 3.25. The van der Waals surface area contributed by atoms with Gasteiger partial charge >= 0.3 is 0 Å². The molecule has 2 heterocycles. The van der Waals surface area contributed by atoms with Crippen LogP contribution in [0.5, 0.6) is 11.5 Å². The molecule has 4 rings (SSSR count). The van der Waals surface area contributed by atoms with Crippen molar-refractivity contribution in [2.24, 2.45) is 0 Å². The summed E-state index contributed by atoms with van der Waals surface area (Å²) in [5, 5.41) is 11.2. The number of amides is 1. The number of anilines is 1. The van der Waals surface area contributed by atoms with Gasteiger partial charge in [0, 0.05) is 11.3 Å². The maximum atomic E-state index is 12.5. The number of aromatic nitrogens is 3. The summed E-state index contributed by atoms with van der Waals surface area (Å²) in [6, 6.07) is 11.0. The van der Waals surface area contributed by atoms with Gasteiger partial charge in [0.2, 0.25) is 5.91 Å². The Bertz CT molecular complexity index is 1160. The number of nitrogens with zero attached hydrogens (tertiary/aromatic N) is 2. The monoisotopic (exact) mass is 424 g/mol. The molecule has 0 unspecified atom stereocenters. The van der Waals surface area contributed by atoms with Gasteiger partial charge < -0.3 is 14.8 Å². The van der Waals surface area contributed by atoms with Gasteiger partial charge in [-0.1, -0.05) is 29.5 Å². The number of ether oxygens (including phenoxy) is 2. The number of aromatic amines is 1. The van der Waals surface area contributed by atoms with Crippen LogP contribution in [0, 0.1) is 13.8 Å². The summed E-state index contributed by atoms with van der Waals surface area (Å²) in [5.74, 6) is 1.12. The normalized spacial score (nSPS) is 12.5. The van der Waals surface area contributed by atoms with Crippen LogP contribution in [-0.4, -0.2) is 40.1 Å². The second kappa shape index (κ2) is 8.58. The first-order valence-electron chi connectivity index (χ1n) is 9.36. The second-order valence-corrected chi connectivity index (χ2v) is 7.79. The highest BCUT2D eigenvalue weighted by Crippen LogP contribution is 2.33. The van der Waals surface area contributed by atoms with Gasteiger partial charge in [-0.3, -0.25) is 14.6 Å². The van der Waals surface area contributed by atoms with E-state index in [1.54, 1.807) is 18.2 Å². The maximum absolute atomic E-state index is 12.5. The molecule has 1 aliphatic heterocycles. The van der Waals surface area contributed by atoms with E-state index in [2.05, 4.69) is 20.5 Å². The second-order valence-electron chi connectivity index (χ2n) is 6.82. The van der Waals surface area contributed by atoms with Crippen molar-refractivity contribution >= 4 is 23.4 Å². The standard InChI is InChI=1S/C21H20N4O4S/c1-12-3-5-15(13(2)9-12)22-18(26)11-30-21-23-20(27)19(24-25-21)14-4-6-16-17(10-14)29-8-7-28-16/h3-6,9-10H,7-8,11H2,1-2H3,(H,22,26)(H,23,25,27). The number of thioether (sulfide) groups is 1. The van der Waals surface area contributed by atoms with E-state index >= 15 is 0 Å². The van der Waals surface area contributed by atoms with Crippen molar-refractivity contribution in [3.05, 3.63) is 57.9 Å². The zero-order valence-electron chi connectivity index (χ0n) is 16.5. The number of fused-ring (bicyclic) bond motifs is 1. The summed E-state index contributed by atoms with van der Waals surface area (Å²) < 4.78 is 11.0. The lowest BCUT2D eigenvalue weighted by Crippen LogP contribution is -2.18. The molecule has 154 valence electrons. The van der Waals surface area contributed by atoms with Gasteiger partial charge in [0.15, 0.2) is 22.3 Å². The summed E-state index contributed by atoms with van der Waals surface area (Å²) in [6.07, 6.45) is 0. The minimum atomic E-state index is -0.390. The molecule has 0 fully saturated rings. The predicted octanol–water partition coefficient (Wildman–Crippen LogP) is 2.95. The van der Waals surface area contributed by atoms with Crippen molar-refractivity contribution in [1.29, 1.82) is 0 Å². The van der Waals surface area contributed by atoms with Crippen LogP contribution in [0.1, 0.15) is 11.1 Å². The molecule has 2 N–H and O–H groups in total. The van der Waals surface area contributed by atoms with E-state index in [4.69, 9.17) is 9.47 Å². The van der Waals surface area contributed by atoms with E-state index in [9.17, 15) is 9.59 Å². The molecule has 0 bridgehead atoms. The Labute approximate surface area is 177 Å². The molecule has 0 spiro atoms. The number of carbonyl (C=O) groups is 1. The lowest BCUT2D eigenvalue weighted by molar-refractivity contribution is -0.113. The van der Waals surface area contributed by atoms with Crippen LogP contribution in [-0.2, 0) is 4.79 Å². The average Bonchev–Trinajstić information content (AvgIpc) is 2.74. The van der Waals surface area contributed by atoms with E-state index in [-0.39, 0.29) is 28.1 Å². The van der Waals surface area contributed by atoms with Crippen LogP contribution in [0.15, 0.2) is 46.3 Å². The van der Waals surface area contributed by atoms with Crippen LogP contribution >= 0.6 is 11.8 Å². The first-order chi connectivity index (χ1) is 14.5. The minimum absolute atomic E-state index is 0.0985. The number of carbonyl (C=O) groups excluding carboxylic acids is 1. The smallest absolute Gasteiger partial charge is 0.278 e. The van der Waals surface area contributed by atoms with Crippen molar-refractivity contribution in [2.75, 3.05) is 24.3 Å². The van der Waals surface area contributed by atoms with Crippen molar-refractivity contribution in [2.45, 2.75) is 19.0 Å². The van der Waals surface area contributed by atoms with Crippen LogP contribution in [0.25, 0.3) is 11.3 Å². The third-order valence-corrected chi connectivity index (χ3v) is 5.35. The Morgan fingerprint density at radius 2 is 1.90 bits per heavy atom. The van der Waals surface area contributed by atoms with E-state index in [0.717, 1.165) is 28.6 Å². The summed E-state index contributed by atoms with van der Waals surface area (Å²) >= 11 is 1.11. The SMILES string of the molecule is Cc1ccc(NC(=O)CSc2nnc(-c3ccc4c(c3)OCCO4)c(=O)[nH]2)c(C)c1. The molecule has 2 aromatic carbocycles. The van der Waals surface area contributed by atoms with Crippen molar-refractivity contribution in [1.82, 2.24) is 15.2 Å². The molecule has 1 aliphatic rings. The number of H-pyrrole nitrogens is 1. The first-order valence-corrected chi connectivity index (χ1v) is 10.3. The maximum Gasteiger partial charge on any atom is 0.278 e. The van der Waals surface area contributed by atoms with E-state index in [0.29, 0.717) is 30.3 Å². The van der Waals surface area contributed by atoms with E-state index < -0.39 is 0 Å². The van der Waals surface area contributed by atoms with Crippen molar-refractivity contribution in [3.8, 4) is 22.8 Å². The van der Waals surface area contributed by atoms with Gasteiger partial charge in [-0.25, -0.2) is 0 Å². The van der Waals surface area contributed by atoms with Crippen molar-refractivity contribution < 1.29 is 14.3 Å². The molecule has 1 aromatic heterocycles. The Balaban J connectivity index is 1.42. The highest BCUT2D eigenvalue weighted by atomic mass is 32.2. The van der Waals surface area contributed by atoms with Crippen LogP contribution in [0.2, 0.25) is 0 Å². The fourth-order valence-corrected chi connectivity index (χ4v) is 3.64. The summed E-state index contributed by atoms with van der Waals surface area (Å²) in [4.78, 5) is 27.4. The molecule has 3 aromatic rings. The average molecular weight is 424 g/mol. The predicted molar refractivity (Wildman–Crippen MR) is 114 cm³/mol. The number of hydrogen-bond acceptors (Lipinski definition) is 7. The molecule has 0 aliphatic carbocycles. The number of hydrogen-bond donors (Lipinski definition) is 2. The highest BCUT2D eigenvalue weighted by molar-refractivity contribution is 7.99. The number of benzene rings is 2. The van der Waals surface area contributed by atoms with E-state index in [1.807, 2.05) is 32.0 Å². The summed E-state index contributed by atoms with van der Waals surface area (Å²) in [6.45, 7) is 4.89. The Hall–Kier alpha value is -3.33. The van der Waals surface area contributed by atoms with Gasteiger partial charge in [-0.05, 0) is 43.7 Å². The fraction of sp³-hybridized carbons (Fsp3) is 0.238. The van der Waals surface area contributed by atoms with Gasteiger partial charge in [0.1, 0.15) is 13.2 Å². The Morgan fingerprint density at radius 1 is 1.10 bits per heavy atom. The minimum Gasteiger partial charge on any atom is -0.486 e. The molecule has 0 saturated heterocycles. The largest absolute Gasteiger partial charge is 0.486 e. The Morgan fingerprint density at radius 3 is 2.67 bits per heavy atom. The number of nitrogens with one attached hydrogen (secondary N) is 2. The Kier molecular flexibility index (Phi) is 5.71. The molecule has 1 amide bonds. The van der Waals surface area contributed by atoms with Crippen LogP contribution in [0.4, 0.5) is 5.69 Å². The lowest BCUT2D eigenvalue weighted by Gasteiger charge is -2.18. The van der Waals surface area contributed by atoms with Gasteiger partial charge in [-0.15, -0.1) is 10.2 Å². The quantitative estimate of drug-likeness (QED) is 0.607. The molecule has 9 heteroatoms. The van der Waals surface area contributed by atoms with Gasteiger partial charge in [0.25, 0.3) is 5.56 Å². The first kappa shape index (κ1) is 20.0. The third kappa shape index (κ3) is 4.46. The summed E-state index contributed by atoms with van der Waals surface area (Å²) in [7, 11) is 0. The molecule has 8 nitrogen and oxygen atoms in total. The van der Waals surface area contributed by atoms with Crippen LogP contribution in [0.3, 0.4) is 0 Å². The molecular formula is C21H20N4O4S. The molecule has 0 saturated carbocycles. The lowest BCUT2D eigenvalue weighted by atomic mass is 10.1. The molecular weight excluding hydrogens is 404 g/mol. The molecule has 0 atom stereocenters.